The van der Waals surface area contributed by atoms with Crippen molar-refractivity contribution < 1.29 is 48.1 Å². The maximum Gasteiger partial charge on any atom is 0.414 e. The second-order valence-electron chi connectivity index (χ2n) is 26.5. The number of anilines is 3. The minimum absolute atomic E-state index is 0.246. The Morgan fingerprint density at radius 1 is 0.584 bits per heavy atom. The van der Waals surface area contributed by atoms with E-state index < -0.39 is 28.7 Å². The number of aromatic carboxylic acids is 1. The van der Waals surface area contributed by atoms with Crippen molar-refractivity contribution in [3.8, 4) is 22.5 Å². The molecule has 3 fully saturated rings. The lowest BCUT2D eigenvalue weighted by molar-refractivity contribution is -0.137. The van der Waals surface area contributed by atoms with Gasteiger partial charge in [0.15, 0.2) is 0 Å². The molecule has 3 aliphatic carbocycles. The standard InChI is InChI=1S/C45H52N4O6.C28H32N2O4/c1-5-54-38(50)24-19-30-17-21-33(22-18-30)46-42(52)45(25-11-12-26-45)47-41(51)32-20-23-34-37(29-32)48-27-28-49(43(53)55-44(2,3)4)36-16-10-9-15-35(36)40(48)39(34)31-13-7-6-8-14-31;1-28(2,3)34-27(33)30-16-15-29-23-17-19(26(31)32)13-14-20(23)24(18-9-5-4-6-10-18)25(29)21-11-7-8-12-22(21)30/h9-10,15-24,29,31H,5-8,11-14,25-28H2,1-4H3,(H,46,52)(H,47,51);7-8,11-14,17-18H,4-6,9-10,15-16H2,1-3H3,(H,31,32)/b24-19+;. The summed E-state index contributed by atoms with van der Waals surface area (Å²) >= 11 is 0. The smallest absolute Gasteiger partial charge is 0.414 e. The van der Waals surface area contributed by atoms with E-state index in [4.69, 9.17) is 14.2 Å². The highest BCUT2D eigenvalue weighted by molar-refractivity contribution is 6.07. The summed E-state index contributed by atoms with van der Waals surface area (Å²) in [5.41, 5.74) is 10.2. The number of ether oxygens (including phenoxy) is 3. The molecule has 0 spiro atoms. The van der Waals surface area contributed by atoms with E-state index in [0.717, 1.165) is 99.8 Å². The van der Waals surface area contributed by atoms with Crippen molar-refractivity contribution in [2.45, 2.75) is 180 Å². The van der Waals surface area contributed by atoms with Crippen LogP contribution < -0.4 is 20.4 Å². The van der Waals surface area contributed by atoms with Gasteiger partial charge in [-0.15, -0.1) is 0 Å². The van der Waals surface area contributed by atoms with E-state index in [2.05, 4.69) is 38.0 Å². The Kier molecular flexibility index (Phi) is 18.0. The van der Waals surface area contributed by atoms with Crippen molar-refractivity contribution >= 4 is 80.9 Å². The SMILES string of the molecule is CC(C)(C)OC(=O)N1CCn2c(c(C3CCCCC3)c3ccc(C(=O)O)cc32)-c2ccccc21.CCOC(=O)/C=C/c1ccc(NC(=O)C2(NC(=O)c3ccc4c(C5CCCCC5)c5n(c4c3)CCN(C(=O)OC(C)(C)C)c3ccccc3-5)CCCC2)cc1. The molecule has 4 amide bonds. The van der Waals surface area contributed by atoms with Gasteiger partial charge in [0.2, 0.25) is 5.91 Å². The molecule has 16 nitrogen and oxygen atoms in total. The summed E-state index contributed by atoms with van der Waals surface area (Å²) in [4.78, 5) is 82.0. The van der Waals surface area contributed by atoms with E-state index in [1.54, 1.807) is 47.1 Å². The van der Waals surface area contributed by atoms with Gasteiger partial charge in [0.25, 0.3) is 5.91 Å². The van der Waals surface area contributed by atoms with Crippen LogP contribution in [0.5, 0.6) is 0 Å². The van der Waals surface area contributed by atoms with Gasteiger partial charge in [0, 0.05) is 76.4 Å². The summed E-state index contributed by atoms with van der Waals surface area (Å²) in [5, 5.41) is 18.1. The maximum atomic E-state index is 14.2. The van der Waals surface area contributed by atoms with E-state index >= 15 is 0 Å². The zero-order valence-electron chi connectivity index (χ0n) is 52.5. The Labute approximate surface area is 521 Å². The number of aromatic nitrogens is 2. The topological polar surface area (TPSA) is 191 Å². The van der Waals surface area contributed by atoms with Crippen molar-refractivity contribution in [1.82, 2.24) is 14.5 Å². The number of amides is 4. The molecule has 5 aromatic carbocycles. The minimum atomic E-state index is -1.05. The van der Waals surface area contributed by atoms with Crippen LogP contribution in [0.1, 0.15) is 188 Å². The zero-order valence-corrected chi connectivity index (χ0v) is 52.5. The summed E-state index contributed by atoms with van der Waals surface area (Å²) in [6.07, 6.45) is 16.7. The molecule has 2 aromatic heterocycles. The Morgan fingerprint density at radius 2 is 1.06 bits per heavy atom. The number of nitrogens with zero attached hydrogens (tertiary/aromatic N) is 4. The number of fused-ring (bicyclic) bond motifs is 10. The number of nitrogens with one attached hydrogen (secondary N) is 2. The van der Waals surface area contributed by atoms with Gasteiger partial charge in [-0.05, 0) is 170 Å². The monoisotopic (exact) mass is 1200 g/mol. The number of benzene rings is 5. The lowest BCUT2D eigenvalue weighted by atomic mass is 9.81. The van der Waals surface area contributed by atoms with Crippen LogP contribution >= 0.6 is 0 Å². The minimum Gasteiger partial charge on any atom is -0.478 e. The van der Waals surface area contributed by atoms with Crippen LogP contribution in [0.4, 0.5) is 26.7 Å². The first-order valence-electron chi connectivity index (χ1n) is 32.0. The lowest BCUT2D eigenvalue weighted by Gasteiger charge is -2.29. The molecule has 0 unspecified atom stereocenters. The van der Waals surface area contributed by atoms with Crippen molar-refractivity contribution in [3.05, 3.63) is 143 Å². The largest absolute Gasteiger partial charge is 0.478 e. The normalized spacial score (nSPS) is 16.8. The molecule has 89 heavy (non-hydrogen) atoms. The molecule has 0 atom stereocenters. The van der Waals surface area contributed by atoms with Gasteiger partial charge in [-0.3, -0.25) is 19.4 Å². The molecule has 4 heterocycles. The summed E-state index contributed by atoms with van der Waals surface area (Å²) in [5.74, 6) is -1.10. The molecular formula is C73H84N6O10. The van der Waals surface area contributed by atoms with Gasteiger partial charge >= 0.3 is 24.1 Å². The lowest BCUT2D eigenvalue weighted by Crippen LogP contribution is -2.55. The number of para-hydroxylation sites is 2. The van der Waals surface area contributed by atoms with E-state index in [-0.39, 0.29) is 29.6 Å². The number of carboxylic acid groups (broad SMARTS) is 1. The third-order valence-corrected chi connectivity index (χ3v) is 18.1. The van der Waals surface area contributed by atoms with Crippen LogP contribution in [0.15, 0.2) is 115 Å². The van der Waals surface area contributed by atoms with Gasteiger partial charge in [0.1, 0.15) is 16.7 Å². The summed E-state index contributed by atoms with van der Waals surface area (Å²) in [6.45, 7) is 15.3. The van der Waals surface area contributed by atoms with Crippen molar-refractivity contribution in [2.75, 3.05) is 34.8 Å². The average Bonchev–Trinajstić information content (AvgIpc) is 1.69. The average molecular weight is 1210 g/mol. The third-order valence-electron chi connectivity index (χ3n) is 18.1. The molecule has 0 radical (unpaired) electrons. The molecule has 16 heteroatoms. The summed E-state index contributed by atoms with van der Waals surface area (Å²) < 4.78 is 21.1. The van der Waals surface area contributed by atoms with E-state index in [1.807, 2.05) is 108 Å². The number of hydrogen-bond donors (Lipinski definition) is 3. The summed E-state index contributed by atoms with van der Waals surface area (Å²) in [7, 11) is 0. The first-order chi connectivity index (χ1) is 42.7. The van der Waals surface area contributed by atoms with Crippen LogP contribution in [0, 0.1) is 0 Å². The molecular weight excluding hydrogens is 1120 g/mol. The molecule has 0 saturated heterocycles. The highest BCUT2D eigenvalue weighted by Gasteiger charge is 2.43. The van der Waals surface area contributed by atoms with Gasteiger partial charge in [0.05, 0.1) is 34.9 Å². The predicted octanol–water partition coefficient (Wildman–Crippen LogP) is 16.2. The Bertz CT molecular complexity index is 3860. The third kappa shape index (κ3) is 13.2. The number of carbonyl (C=O) groups excluding carboxylic acids is 5. The van der Waals surface area contributed by atoms with Crippen LogP contribution in [0.25, 0.3) is 50.4 Å². The first-order valence-corrected chi connectivity index (χ1v) is 32.0. The van der Waals surface area contributed by atoms with Gasteiger partial charge in [-0.1, -0.05) is 112 Å². The number of carbonyl (C=O) groups is 6. The van der Waals surface area contributed by atoms with E-state index in [1.165, 1.54) is 55.7 Å². The first kappa shape index (κ1) is 62.0. The van der Waals surface area contributed by atoms with E-state index in [0.29, 0.717) is 68.7 Å². The predicted molar refractivity (Wildman–Crippen MR) is 350 cm³/mol. The maximum absolute atomic E-state index is 14.2. The fourth-order valence-electron chi connectivity index (χ4n) is 14.1. The van der Waals surface area contributed by atoms with Gasteiger partial charge in [-0.2, -0.15) is 0 Å². The number of esters is 1. The molecule has 12 rings (SSSR count). The Balaban J connectivity index is 0.000000205. The van der Waals surface area contributed by atoms with Crippen molar-refractivity contribution in [2.24, 2.45) is 0 Å². The Morgan fingerprint density at radius 3 is 1.53 bits per heavy atom. The quantitative estimate of drug-likeness (QED) is 0.0675. The fourth-order valence-corrected chi connectivity index (χ4v) is 14.1. The van der Waals surface area contributed by atoms with Crippen LogP contribution in [-0.4, -0.2) is 86.6 Å². The highest BCUT2D eigenvalue weighted by atomic mass is 16.6. The number of rotatable bonds is 10. The zero-order chi connectivity index (χ0) is 62.8. The van der Waals surface area contributed by atoms with Crippen LogP contribution in [0.2, 0.25) is 0 Å². The molecule has 0 bridgehead atoms. The van der Waals surface area contributed by atoms with Crippen LogP contribution in [0.3, 0.4) is 0 Å². The van der Waals surface area contributed by atoms with Crippen LogP contribution in [-0.2, 0) is 36.9 Å². The molecule has 2 aliphatic heterocycles. The van der Waals surface area contributed by atoms with E-state index in [9.17, 15) is 33.9 Å². The summed E-state index contributed by atoms with van der Waals surface area (Å²) in [6, 6.07) is 34.7. The van der Waals surface area contributed by atoms with Crippen molar-refractivity contribution in [3.63, 3.8) is 0 Å². The van der Waals surface area contributed by atoms with Crippen molar-refractivity contribution in [1.29, 1.82) is 0 Å². The fraction of sp³-hybridized carbons (Fsp3) is 0.425. The Hall–Kier alpha value is -8.66. The highest BCUT2D eigenvalue weighted by Crippen LogP contribution is 2.50. The number of hydrogen-bond acceptors (Lipinski definition) is 9. The second-order valence-corrected chi connectivity index (χ2v) is 26.5. The molecule has 5 aliphatic rings. The molecule has 3 N–H and O–H groups in total. The van der Waals surface area contributed by atoms with Gasteiger partial charge < -0.3 is 39.1 Å². The number of carboxylic acids is 1. The molecule has 7 aromatic rings. The molecule has 466 valence electrons. The second kappa shape index (κ2) is 25.8. The molecule has 3 saturated carbocycles. The van der Waals surface area contributed by atoms with Gasteiger partial charge in [-0.25, -0.2) is 19.2 Å².